The second-order valence-electron chi connectivity index (χ2n) is 10.1. The standard InChI is InChI=1S/C34H36N2O4/c1-38-32-16-14-29(34(35)37)22-33(32)39-19-8-18-36(23-25-13-15-31-28(21-25)17-20-40-31)24-30(26-9-4-2-5-10-26)27-11-6-3-7-12-27/h2-7,9-16,21-22,30H,8,17-20,23-24H2,1H3,(H2,35,37). The molecule has 5 rings (SSSR count). The highest BCUT2D eigenvalue weighted by Gasteiger charge is 2.20. The fraction of sp³-hybridized carbons (Fsp3) is 0.265. The Morgan fingerprint density at radius 3 is 2.33 bits per heavy atom. The van der Waals surface area contributed by atoms with Crippen molar-refractivity contribution in [2.45, 2.75) is 25.3 Å². The van der Waals surface area contributed by atoms with E-state index in [1.54, 1.807) is 25.3 Å². The molecule has 1 heterocycles. The molecule has 0 saturated heterocycles. The fourth-order valence-electron chi connectivity index (χ4n) is 5.28. The average Bonchev–Trinajstić information content (AvgIpc) is 3.46. The summed E-state index contributed by atoms with van der Waals surface area (Å²) in [4.78, 5) is 14.2. The molecule has 1 aliphatic heterocycles. The zero-order chi connectivity index (χ0) is 27.7. The lowest BCUT2D eigenvalue weighted by atomic mass is 9.90. The van der Waals surface area contributed by atoms with Crippen LogP contribution >= 0.6 is 0 Å². The topological polar surface area (TPSA) is 74.0 Å². The van der Waals surface area contributed by atoms with Crippen LogP contribution in [0.15, 0.2) is 97.1 Å². The van der Waals surface area contributed by atoms with Gasteiger partial charge in [0, 0.05) is 37.5 Å². The Morgan fingerprint density at radius 1 is 0.925 bits per heavy atom. The Labute approximate surface area is 236 Å². The zero-order valence-electron chi connectivity index (χ0n) is 22.9. The van der Waals surface area contributed by atoms with E-state index >= 15 is 0 Å². The summed E-state index contributed by atoms with van der Waals surface area (Å²) in [6.07, 6.45) is 1.76. The maximum Gasteiger partial charge on any atom is 0.248 e. The van der Waals surface area contributed by atoms with E-state index in [1.807, 2.05) is 0 Å². The Kier molecular flexibility index (Phi) is 8.99. The van der Waals surface area contributed by atoms with E-state index in [9.17, 15) is 4.79 Å². The monoisotopic (exact) mass is 536 g/mol. The van der Waals surface area contributed by atoms with Gasteiger partial charge >= 0.3 is 0 Å². The van der Waals surface area contributed by atoms with Crippen LogP contribution in [-0.2, 0) is 13.0 Å². The van der Waals surface area contributed by atoms with Gasteiger partial charge in [-0.25, -0.2) is 0 Å². The van der Waals surface area contributed by atoms with Crippen LogP contribution < -0.4 is 19.9 Å². The maximum absolute atomic E-state index is 11.7. The molecule has 1 aliphatic rings. The number of amides is 1. The van der Waals surface area contributed by atoms with E-state index in [-0.39, 0.29) is 5.92 Å². The third kappa shape index (κ3) is 6.82. The predicted molar refractivity (Wildman–Crippen MR) is 157 cm³/mol. The molecule has 0 aromatic heterocycles. The molecule has 6 nitrogen and oxygen atoms in total. The minimum Gasteiger partial charge on any atom is -0.493 e. The van der Waals surface area contributed by atoms with Crippen molar-refractivity contribution < 1.29 is 19.0 Å². The molecule has 0 spiro atoms. The number of rotatable bonds is 13. The third-order valence-corrected chi connectivity index (χ3v) is 7.33. The summed E-state index contributed by atoms with van der Waals surface area (Å²) >= 11 is 0. The number of hydrogen-bond acceptors (Lipinski definition) is 5. The molecule has 0 radical (unpaired) electrons. The van der Waals surface area contributed by atoms with E-state index < -0.39 is 5.91 Å². The van der Waals surface area contributed by atoms with Crippen LogP contribution in [0.2, 0.25) is 0 Å². The Bertz CT molecular complexity index is 1370. The Morgan fingerprint density at radius 2 is 1.65 bits per heavy atom. The first-order valence-corrected chi connectivity index (χ1v) is 13.8. The summed E-state index contributed by atoms with van der Waals surface area (Å²) in [7, 11) is 1.59. The zero-order valence-corrected chi connectivity index (χ0v) is 22.9. The molecule has 4 aromatic rings. The number of nitrogens with zero attached hydrogens (tertiary/aromatic N) is 1. The SMILES string of the molecule is COc1ccc(C(N)=O)cc1OCCCN(Cc1ccc2c(c1)CCO2)CC(c1ccccc1)c1ccccc1. The number of nitrogens with two attached hydrogens (primary N) is 1. The first kappa shape index (κ1) is 27.3. The van der Waals surface area contributed by atoms with Gasteiger partial charge in [0.1, 0.15) is 5.75 Å². The van der Waals surface area contributed by atoms with E-state index in [2.05, 4.69) is 83.8 Å². The van der Waals surface area contributed by atoms with Crippen molar-refractivity contribution in [3.05, 3.63) is 125 Å². The first-order valence-electron chi connectivity index (χ1n) is 13.8. The van der Waals surface area contributed by atoms with Crippen molar-refractivity contribution in [2.24, 2.45) is 5.73 Å². The maximum atomic E-state index is 11.7. The smallest absolute Gasteiger partial charge is 0.248 e. The summed E-state index contributed by atoms with van der Waals surface area (Å²) in [5.41, 5.74) is 11.0. The van der Waals surface area contributed by atoms with E-state index in [0.29, 0.717) is 23.7 Å². The molecule has 40 heavy (non-hydrogen) atoms. The lowest BCUT2D eigenvalue weighted by Gasteiger charge is -2.29. The normalized spacial score (nSPS) is 12.3. The molecule has 0 atom stereocenters. The number of carbonyl (C=O) groups is 1. The number of carbonyl (C=O) groups excluding carboxylic acids is 1. The van der Waals surface area contributed by atoms with Gasteiger partial charge in [0.2, 0.25) is 5.91 Å². The fourth-order valence-corrected chi connectivity index (χ4v) is 5.28. The van der Waals surface area contributed by atoms with Crippen molar-refractivity contribution in [3.8, 4) is 17.2 Å². The van der Waals surface area contributed by atoms with Crippen LogP contribution in [0.4, 0.5) is 0 Å². The number of methoxy groups -OCH3 is 1. The van der Waals surface area contributed by atoms with E-state index in [1.165, 1.54) is 22.3 Å². The van der Waals surface area contributed by atoms with Gasteiger partial charge in [-0.2, -0.15) is 0 Å². The van der Waals surface area contributed by atoms with Crippen LogP contribution in [0.25, 0.3) is 0 Å². The molecule has 1 amide bonds. The molecule has 0 saturated carbocycles. The van der Waals surface area contributed by atoms with E-state index in [4.69, 9.17) is 19.9 Å². The van der Waals surface area contributed by atoms with Crippen LogP contribution in [0.1, 0.15) is 45.0 Å². The molecule has 0 unspecified atom stereocenters. The number of ether oxygens (including phenoxy) is 3. The quantitative estimate of drug-likeness (QED) is 0.218. The highest BCUT2D eigenvalue weighted by molar-refractivity contribution is 5.93. The lowest BCUT2D eigenvalue weighted by molar-refractivity contribution is 0.0999. The molecule has 206 valence electrons. The summed E-state index contributed by atoms with van der Waals surface area (Å²) in [5.74, 6) is 1.84. The van der Waals surface area contributed by atoms with Crippen molar-refractivity contribution in [3.63, 3.8) is 0 Å². The van der Waals surface area contributed by atoms with Crippen LogP contribution in [0.5, 0.6) is 17.2 Å². The first-order chi connectivity index (χ1) is 19.6. The number of hydrogen-bond donors (Lipinski definition) is 1. The summed E-state index contributed by atoms with van der Waals surface area (Å²) in [6.45, 7) is 3.76. The molecule has 0 fully saturated rings. The lowest BCUT2D eigenvalue weighted by Crippen LogP contribution is -2.30. The summed E-state index contributed by atoms with van der Waals surface area (Å²) in [6, 6.07) is 33.0. The van der Waals surface area contributed by atoms with Crippen molar-refractivity contribution in [1.29, 1.82) is 0 Å². The largest absolute Gasteiger partial charge is 0.493 e. The highest BCUT2D eigenvalue weighted by atomic mass is 16.5. The minimum atomic E-state index is -0.494. The van der Waals surface area contributed by atoms with Gasteiger partial charge in [0.25, 0.3) is 0 Å². The van der Waals surface area contributed by atoms with Gasteiger partial charge in [-0.15, -0.1) is 0 Å². The average molecular weight is 537 g/mol. The van der Waals surface area contributed by atoms with Gasteiger partial charge in [0.05, 0.1) is 20.3 Å². The third-order valence-electron chi connectivity index (χ3n) is 7.33. The summed E-state index contributed by atoms with van der Waals surface area (Å²) in [5, 5.41) is 0. The van der Waals surface area contributed by atoms with Gasteiger partial charge in [-0.1, -0.05) is 72.8 Å². The number of primary amides is 1. The minimum absolute atomic E-state index is 0.230. The molecule has 6 heteroatoms. The van der Waals surface area contributed by atoms with Gasteiger partial charge in [-0.3, -0.25) is 9.69 Å². The molecular formula is C34H36N2O4. The molecule has 4 aromatic carbocycles. The summed E-state index contributed by atoms with van der Waals surface area (Å²) < 4.78 is 17.2. The number of fused-ring (bicyclic) bond motifs is 1. The highest BCUT2D eigenvalue weighted by Crippen LogP contribution is 2.30. The van der Waals surface area contributed by atoms with Gasteiger partial charge in [-0.05, 0) is 52.9 Å². The van der Waals surface area contributed by atoms with Crippen LogP contribution in [0, 0.1) is 0 Å². The Balaban J connectivity index is 1.33. The van der Waals surface area contributed by atoms with Gasteiger partial charge in [0.15, 0.2) is 11.5 Å². The molecule has 2 N–H and O–H groups in total. The predicted octanol–water partition coefficient (Wildman–Crippen LogP) is 5.83. The van der Waals surface area contributed by atoms with Crippen molar-refractivity contribution in [2.75, 3.05) is 33.4 Å². The van der Waals surface area contributed by atoms with Crippen molar-refractivity contribution in [1.82, 2.24) is 4.90 Å². The second kappa shape index (κ2) is 13.2. The van der Waals surface area contributed by atoms with Gasteiger partial charge < -0.3 is 19.9 Å². The number of benzene rings is 4. The van der Waals surface area contributed by atoms with Crippen LogP contribution in [-0.4, -0.2) is 44.2 Å². The molecule has 0 bridgehead atoms. The molecule has 0 aliphatic carbocycles. The second-order valence-corrected chi connectivity index (χ2v) is 10.1. The molecular weight excluding hydrogens is 500 g/mol. The van der Waals surface area contributed by atoms with Crippen molar-refractivity contribution >= 4 is 5.91 Å². The Hall–Kier alpha value is -4.29. The van der Waals surface area contributed by atoms with E-state index in [0.717, 1.165) is 44.8 Å². The van der Waals surface area contributed by atoms with Crippen LogP contribution in [0.3, 0.4) is 0 Å².